The number of hydrogen-bond acceptors (Lipinski definition) is 3. The summed E-state index contributed by atoms with van der Waals surface area (Å²) >= 11 is 0. The van der Waals surface area contributed by atoms with E-state index in [2.05, 4.69) is 5.32 Å². The van der Waals surface area contributed by atoms with Crippen molar-refractivity contribution < 1.29 is 26.4 Å². The van der Waals surface area contributed by atoms with Gasteiger partial charge in [0.05, 0.1) is 11.8 Å². The summed E-state index contributed by atoms with van der Waals surface area (Å²) in [4.78, 5) is 12.3. The number of carbonyl (C=O) groups excluding carboxylic acids is 1. The summed E-state index contributed by atoms with van der Waals surface area (Å²) < 4.78 is 62.9. The molecule has 2 heterocycles. The molecule has 1 amide bonds. The molecule has 0 unspecified atom stereocenters. The first kappa shape index (κ1) is 18.2. The fraction of sp³-hybridized carbons (Fsp3) is 0.562. The Hall–Kier alpha value is -1.61. The van der Waals surface area contributed by atoms with E-state index in [1.807, 2.05) is 0 Å². The van der Waals surface area contributed by atoms with Crippen molar-refractivity contribution in [3.63, 3.8) is 0 Å². The third kappa shape index (κ3) is 3.82. The van der Waals surface area contributed by atoms with E-state index in [-0.39, 0.29) is 23.7 Å². The molecule has 1 N–H and O–H groups in total. The maximum Gasteiger partial charge on any atom is 0.416 e. The van der Waals surface area contributed by atoms with Crippen LogP contribution < -0.4 is 5.32 Å². The molecule has 5 nitrogen and oxygen atoms in total. The lowest BCUT2D eigenvalue weighted by Crippen LogP contribution is -2.52. The first-order chi connectivity index (χ1) is 11.6. The van der Waals surface area contributed by atoms with Crippen molar-refractivity contribution in [2.24, 2.45) is 0 Å². The van der Waals surface area contributed by atoms with Gasteiger partial charge >= 0.3 is 6.18 Å². The second-order valence-electron chi connectivity index (χ2n) is 6.69. The van der Waals surface area contributed by atoms with Crippen LogP contribution >= 0.6 is 0 Å². The Morgan fingerprint density at radius 1 is 1.12 bits per heavy atom. The van der Waals surface area contributed by atoms with Crippen molar-refractivity contribution in [1.82, 2.24) is 9.62 Å². The summed E-state index contributed by atoms with van der Waals surface area (Å²) in [5.74, 6) is -0.439. The zero-order chi connectivity index (χ0) is 18.4. The highest BCUT2D eigenvalue weighted by atomic mass is 32.2. The zero-order valence-corrected chi connectivity index (χ0v) is 14.4. The molecule has 2 bridgehead atoms. The molecule has 0 aliphatic carbocycles. The van der Waals surface area contributed by atoms with Gasteiger partial charge in [0.15, 0.2) is 0 Å². The van der Waals surface area contributed by atoms with Gasteiger partial charge in [-0.3, -0.25) is 4.79 Å². The van der Waals surface area contributed by atoms with Crippen LogP contribution in [0.4, 0.5) is 13.2 Å². The summed E-state index contributed by atoms with van der Waals surface area (Å²) in [5, 5.41) is 2.82. The lowest BCUT2D eigenvalue weighted by molar-refractivity contribution is -0.137. The highest BCUT2D eigenvalue weighted by molar-refractivity contribution is 7.88. The molecule has 0 saturated carbocycles. The van der Waals surface area contributed by atoms with Gasteiger partial charge in [-0.15, -0.1) is 0 Å². The van der Waals surface area contributed by atoms with E-state index in [0.29, 0.717) is 12.8 Å². The number of hydrogen-bond donors (Lipinski definition) is 1. The Bertz CT molecular complexity index is 748. The second kappa shape index (κ2) is 6.28. The Balaban J connectivity index is 1.65. The molecular formula is C16H19F3N2O3S. The van der Waals surface area contributed by atoms with Gasteiger partial charge in [-0.2, -0.15) is 17.5 Å². The minimum absolute atomic E-state index is 0.119. The molecule has 1 aromatic rings. The van der Waals surface area contributed by atoms with Crippen molar-refractivity contribution in [2.75, 3.05) is 6.26 Å². The third-order valence-electron chi connectivity index (χ3n) is 4.86. The average molecular weight is 376 g/mol. The Morgan fingerprint density at radius 3 is 2.08 bits per heavy atom. The molecule has 2 fully saturated rings. The van der Waals surface area contributed by atoms with Gasteiger partial charge in [-0.25, -0.2) is 8.42 Å². The number of piperidine rings is 1. The number of carbonyl (C=O) groups is 1. The highest BCUT2D eigenvalue weighted by Gasteiger charge is 2.45. The van der Waals surface area contributed by atoms with Gasteiger partial charge in [0.1, 0.15) is 0 Å². The van der Waals surface area contributed by atoms with Crippen molar-refractivity contribution in [1.29, 1.82) is 0 Å². The third-order valence-corrected chi connectivity index (χ3v) is 6.22. The number of nitrogens with zero attached hydrogens (tertiary/aromatic N) is 1. The molecule has 0 radical (unpaired) electrons. The molecule has 3 rings (SSSR count). The monoisotopic (exact) mass is 376 g/mol. The molecule has 25 heavy (non-hydrogen) atoms. The first-order valence-electron chi connectivity index (χ1n) is 8.02. The molecular weight excluding hydrogens is 357 g/mol. The minimum Gasteiger partial charge on any atom is -0.349 e. The first-order valence-corrected chi connectivity index (χ1v) is 9.87. The average Bonchev–Trinajstić information content (AvgIpc) is 2.79. The summed E-state index contributed by atoms with van der Waals surface area (Å²) in [6.07, 6.45) is -0.660. The van der Waals surface area contributed by atoms with Crippen LogP contribution in [0.15, 0.2) is 24.3 Å². The summed E-state index contributed by atoms with van der Waals surface area (Å²) in [5.41, 5.74) is -0.644. The van der Waals surface area contributed by atoms with Crippen LogP contribution in [0.25, 0.3) is 0 Å². The predicted octanol–water partition coefficient (Wildman–Crippen LogP) is 2.39. The maximum atomic E-state index is 12.6. The minimum atomic E-state index is -4.44. The molecule has 9 heteroatoms. The van der Waals surface area contributed by atoms with Crippen molar-refractivity contribution in [3.05, 3.63) is 35.4 Å². The SMILES string of the molecule is CS(=O)(=O)N1[C@H]2CC[C@H]1CC(NC(=O)c1ccc(C(F)(F)F)cc1)C2. The number of sulfonamides is 1. The van der Waals surface area contributed by atoms with E-state index >= 15 is 0 Å². The van der Waals surface area contributed by atoms with E-state index in [4.69, 9.17) is 0 Å². The van der Waals surface area contributed by atoms with Gasteiger partial charge in [0.2, 0.25) is 10.0 Å². The molecule has 138 valence electrons. The molecule has 1 aromatic carbocycles. The van der Waals surface area contributed by atoms with Gasteiger partial charge in [-0.05, 0) is 49.9 Å². The van der Waals surface area contributed by atoms with Gasteiger partial charge in [0.25, 0.3) is 5.91 Å². The Morgan fingerprint density at radius 2 is 1.64 bits per heavy atom. The van der Waals surface area contributed by atoms with Crippen LogP contribution in [0, 0.1) is 0 Å². The van der Waals surface area contributed by atoms with E-state index < -0.39 is 27.7 Å². The van der Waals surface area contributed by atoms with E-state index in [9.17, 15) is 26.4 Å². The van der Waals surface area contributed by atoms with Gasteiger partial charge in [0, 0.05) is 23.7 Å². The van der Waals surface area contributed by atoms with Crippen LogP contribution in [0.3, 0.4) is 0 Å². The quantitative estimate of drug-likeness (QED) is 0.881. The van der Waals surface area contributed by atoms with Crippen molar-refractivity contribution >= 4 is 15.9 Å². The van der Waals surface area contributed by atoms with Gasteiger partial charge in [-0.1, -0.05) is 0 Å². The maximum absolute atomic E-state index is 12.6. The van der Waals surface area contributed by atoms with Crippen molar-refractivity contribution in [3.8, 4) is 0 Å². The Kier molecular flexibility index (Phi) is 4.57. The second-order valence-corrected chi connectivity index (χ2v) is 8.58. The zero-order valence-electron chi connectivity index (χ0n) is 13.6. The molecule has 2 aliphatic rings. The standard InChI is InChI=1S/C16H19F3N2O3S/c1-25(23,24)21-13-6-7-14(21)9-12(8-13)20-15(22)10-2-4-11(5-3-10)16(17,18)19/h2-5,12-14H,6-9H2,1H3,(H,20,22)/t13-,14-/m0/s1. The number of benzene rings is 1. The molecule has 0 aromatic heterocycles. The molecule has 2 saturated heterocycles. The number of fused-ring (bicyclic) bond motifs is 2. The summed E-state index contributed by atoms with van der Waals surface area (Å²) in [6.45, 7) is 0. The highest BCUT2D eigenvalue weighted by Crippen LogP contribution is 2.37. The summed E-state index contributed by atoms with van der Waals surface area (Å²) in [6, 6.07) is 3.65. The number of rotatable bonds is 3. The number of alkyl halides is 3. The van der Waals surface area contributed by atoms with Crippen LogP contribution in [-0.4, -0.2) is 43.0 Å². The summed E-state index contributed by atoms with van der Waals surface area (Å²) in [7, 11) is -3.27. The number of halogens is 3. The van der Waals surface area contributed by atoms with E-state index in [0.717, 1.165) is 37.1 Å². The lowest BCUT2D eigenvalue weighted by atomic mass is 9.99. The van der Waals surface area contributed by atoms with Crippen LogP contribution in [0.5, 0.6) is 0 Å². The molecule has 0 spiro atoms. The fourth-order valence-electron chi connectivity index (χ4n) is 3.87. The molecule has 2 atom stereocenters. The van der Waals surface area contributed by atoms with E-state index in [1.165, 1.54) is 10.6 Å². The topological polar surface area (TPSA) is 66.5 Å². The molecule has 2 aliphatic heterocycles. The predicted molar refractivity (Wildman–Crippen MR) is 85.4 cm³/mol. The number of nitrogens with one attached hydrogen (secondary N) is 1. The fourth-order valence-corrected chi connectivity index (χ4v) is 5.34. The Labute approximate surface area is 144 Å². The van der Waals surface area contributed by atoms with Crippen molar-refractivity contribution in [2.45, 2.75) is 50.0 Å². The smallest absolute Gasteiger partial charge is 0.349 e. The normalized spacial score (nSPS) is 27.3. The van der Waals surface area contributed by atoms with Crippen LogP contribution in [-0.2, 0) is 16.2 Å². The van der Waals surface area contributed by atoms with E-state index in [1.54, 1.807) is 0 Å². The van der Waals surface area contributed by atoms with Crippen LogP contribution in [0.1, 0.15) is 41.6 Å². The largest absolute Gasteiger partial charge is 0.416 e. The van der Waals surface area contributed by atoms with Crippen LogP contribution in [0.2, 0.25) is 0 Å². The van der Waals surface area contributed by atoms with Gasteiger partial charge < -0.3 is 5.32 Å². The lowest BCUT2D eigenvalue weighted by Gasteiger charge is -2.37. The number of amides is 1.